The molecule has 0 atom stereocenters. The number of carbonyl (C=O) groups is 3. The number of anilines is 1. The molecule has 0 aromatic heterocycles. The van der Waals surface area contributed by atoms with Gasteiger partial charge in [-0.3, -0.25) is 14.4 Å². The van der Waals surface area contributed by atoms with Crippen LogP contribution in [0.25, 0.3) is 0 Å². The quantitative estimate of drug-likeness (QED) is 0.831. The summed E-state index contributed by atoms with van der Waals surface area (Å²) in [6.07, 6.45) is 1.86. The second-order valence-corrected chi connectivity index (χ2v) is 7.46. The minimum Gasteiger partial charge on any atom is -0.350 e. The van der Waals surface area contributed by atoms with Crippen LogP contribution in [0.1, 0.15) is 50.9 Å². The number of hydrogen-bond donors (Lipinski definition) is 2. The van der Waals surface area contributed by atoms with Crippen molar-refractivity contribution in [3.05, 3.63) is 29.8 Å². The summed E-state index contributed by atoms with van der Waals surface area (Å²) in [5.74, 6) is -0.316. The topological polar surface area (TPSA) is 78.5 Å². The molecule has 0 saturated heterocycles. The van der Waals surface area contributed by atoms with Crippen molar-refractivity contribution in [2.24, 2.45) is 5.92 Å². The molecule has 2 rings (SSSR count). The highest BCUT2D eigenvalue weighted by Gasteiger charge is 2.29. The molecule has 0 heterocycles. The molecule has 3 amide bonds. The van der Waals surface area contributed by atoms with Gasteiger partial charge in [0.2, 0.25) is 11.8 Å². The van der Waals surface area contributed by atoms with Gasteiger partial charge in [0, 0.05) is 29.3 Å². The third-order valence-corrected chi connectivity index (χ3v) is 3.84. The molecule has 1 fully saturated rings. The normalized spacial score (nSPS) is 13.9. The number of nitrogens with zero attached hydrogens (tertiary/aromatic N) is 1. The molecule has 6 heteroatoms. The fourth-order valence-corrected chi connectivity index (χ4v) is 2.46. The highest BCUT2D eigenvalue weighted by molar-refractivity contribution is 5.99. The van der Waals surface area contributed by atoms with Gasteiger partial charge in [-0.15, -0.1) is 0 Å². The highest BCUT2D eigenvalue weighted by Crippen LogP contribution is 2.30. The van der Waals surface area contributed by atoms with Gasteiger partial charge in [0.25, 0.3) is 5.91 Å². The van der Waals surface area contributed by atoms with E-state index in [-0.39, 0.29) is 35.7 Å². The first-order chi connectivity index (χ1) is 11.7. The summed E-state index contributed by atoms with van der Waals surface area (Å²) < 4.78 is 0. The van der Waals surface area contributed by atoms with Gasteiger partial charge in [0.15, 0.2) is 0 Å². The zero-order valence-corrected chi connectivity index (χ0v) is 15.4. The number of likely N-dealkylation sites (N-methyl/N-ethyl adjacent to an activating group) is 1. The number of hydrogen-bond acceptors (Lipinski definition) is 3. The number of amides is 3. The molecule has 0 bridgehead atoms. The van der Waals surface area contributed by atoms with Crippen molar-refractivity contribution < 1.29 is 14.4 Å². The second kappa shape index (κ2) is 7.68. The maximum Gasteiger partial charge on any atom is 0.254 e. The molecule has 1 aliphatic rings. The van der Waals surface area contributed by atoms with Crippen molar-refractivity contribution in [2.45, 2.75) is 46.1 Å². The van der Waals surface area contributed by atoms with Crippen LogP contribution >= 0.6 is 0 Å². The van der Waals surface area contributed by atoms with E-state index in [0.29, 0.717) is 17.8 Å². The Morgan fingerprint density at radius 1 is 1.20 bits per heavy atom. The molecular formula is C19H27N3O3. The lowest BCUT2D eigenvalue weighted by Gasteiger charge is -2.25. The van der Waals surface area contributed by atoms with Crippen molar-refractivity contribution in [3.8, 4) is 0 Å². The summed E-state index contributed by atoms with van der Waals surface area (Å²) in [6, 6.07) is 6.85. The van der Waals surface area contributed by atoms with Crippen LogP contribution in [0, 0.1) is 5.92 Å². The van der Waals surface area contributed by atoms with Crippen molar-refractivity contribution >= 4 is 23.4 Å². The van der Waals surface area contributed by atoms with Crippen LogP contribution in [0.2, 0.25) is 0 Å². The van der Waals surface area contributed by atoms with Crippen LogP contribution < -0.4 is 10.6 Å². The number of rotatable bonds is 6. The zero-order valence-electron chi connectivity index (χ0n) is 15.4. The van der Waals surface area contributed by atoms with Gasteiger partial charge in [-0.25, -0.2) is 0 Å². The van der Waals surface area contributed by atoms with Gasteiger partial charge in [-0.2, -0.15) is 0 Å². The van der Waals surface area contributed by atoms with E-state index in [2.05, 4.69) is 10.6 Å². The predicted octanol–water partition coefficient (Wildman–Crippen LogP) is 2.41. The Balaban J connectivity index is 2.03. The molecule has 1 aromatic rings. The Morgan fingerprint density at radius 2 is 1.88 bits per heavy atom. The standard InChI is InChI=1S/C19H27N3O3/c1-5-22(12-16(23)21-19(2,3)4)18(25)14-7-6-8-15(11-14)20-17(24)13-9-10-13/h6-8,11,13H,5,9-10,12H2,1-4H3,(H,20,24)(H,21,23). The molecule has 0 unspecified atom stereocenters. The fourth-order valence-electron chi connectivity index (χ4n) is 2.46. The average Bonchev–Trinajstić information content (AvgIpc) is 3.35. The van der Waals surface area contributed by atoms with Crippen molar-refractivity contribution in [2.75, 3.05) is 18.4 Å². The molecule has 6 nitrogen and oxygen atoms in total. The van der Waals surface area contributed by atoms with Gasteiger partial charge in [-0.05, 0) is 58.7 Å². The van der Waals surface area contributed by atoms with E-state index >= 15 is 0 Å². The van der Waals surface area contributed by atoms with Crippen LogP contribution in [0.4, 0.5) is 5.69 Å². The minimum atomic E-state index is -0.341. The molecule has 25 heavy (non-hydrogen) atoms. The van der Waals surface area contributed by atoms with Crippen molar-refractivity contribution in [1.82, 2.24) is 10.2 Å². The Labute approximate surface area is 149 Å². The van der Waals surface area contributed by atoms with E-state index in [9.17, 15) is 14.4 Å². The minimum absolute atomic E-state index is 0.00139. The van der Waals surface area contributed by atoms with Crippen LogP contribution in [-0.4, -0.2) is 41.2 Å². The summed E-state index contributed by atoms with van der Waals surface area (Å²) in [5, 5.41) is 5.70. The lowest BCUT2D eigenvalue weighted by atomic mass is 10.1. The van der Waals surface area contributed by atoms with Gasteiger partial charge >= 0.3 is 0 Å². The highest BCUT2D eigenvalue weighted by atomic mass is 16.2. The maximum atomic E-state index is 12.7. The van der Waals surface area contributed by atoms with Crippen LogP contribution in [-0.2, 0) is 9.59 Å². The largest absolute Gasteiger partial charge is 0.350 e. The predicted molar refractivity (Wildman–Crippen MR) is 97.3 cm³/mol. The Morgan fingerprint density at radius 3 is 2.44 bits per heavy atom. The molecule has 2 N–H and O–H groups in total. The molecular weight excluding hydrogens is 318 g/mol. The molecule has 1 aliphatic carbocycles. The first kappa shape index (κ1) is 19.0. The summed E-state index contributed by atoms with van der Waals surface area (Å²) in [6.45, 7) is 7.96. The second-order valence-electron chi connectivity index (χ2n) is 7.46. The Bertz CT molecular complexity index is 660. The van der Waals surface area contributed by atoms with E-state index in [1.54, 1.807) is 24.3 Å². The monoisotopic (exact) mass is 345 g/mol. The third kappa shape index (κ3) is 5.89. The van der Waals surface area contributed by atoms with E-state index in [1.165, 1.54) is 4.90 Å². The van der Waals surface area contributed by atoms with Crippen LogP contribution in [0.3, 0.4) is 0 Å². The number of nitrogens with one attached hydrogen (secondary N) is 2. The van der Waals surface area contributed by atoms with Gasteiger partial charge in [0.1, 0.15) is 0 Å². The smallest absolute Gasteiger partial charge is 0.254 e. The lowest BCUT2D eigenvalue weighted by molar-refractivity contribution is -0.123. The first-order valence-electron chi connectivity index (χ1n) is 8.71. The van der Waals surface area contributed by atoms with Crippen molar-refractivity contribution in [3.63, 3.8) is 0 Å². The number of benzene rings is 1. The summed E-state index contributed by atoms with van der Waals surface area (Å²) in [5.41, 5.74) is 0.726. The average molecular weight is 345 g/mol. The first-order valence-corrected chi connectivity index (χ1v) is 8.71. The summed E-state index contributed by atoms with van der Waals surface area (Å²) in [4.78, 5) is 38.1. The van der Waals surface area contributed by atoms with Crippen LogP contribution in [0.15, 0.2) is 24.3 Å². The number of carbonyl (C=O) groups excluding carboxylic acids is 3. The summed E-state index contributed by atoms with van der Waals surface area (Å²) in [7, 11) is 0. The fraction of sp³-hybridized carbons (Fsp3) is 0.526. The van der Waals surface area contributed by atoms with Crippen LogP contribution in [0.5, 0.6) is 0 Å². The SMILES string of the molecule is CCN(CC(=O)NC(C)(C)C)C(=O)c1cccc(NC(=O)C2CC2)c1. The van der Waals surface area contributed by atoms with E-state index in [4.69, 9.17) is 0 Å². The third-order valence-electron chi connectivity index (χ3n) is 3.84. The lowest BCUT2D eigenvalue weighted by Crippen LogP contribution is -2.47. The van der Waals surface area contributed by atoms with E-state index in [1.807, 2.05) is 27.7 Å². The molecule has 0 spiro atoms. The summed E-state index contributed by atoms with van der Waals surface area (Å²) >= 11 is 0. The zero-order chi connectivity index (χ0) is 18.6. The molecule has 0 radical (unpaired) electrons. The molecule has 0 aliphatic heterocycles. The Hall–Kier alpha value is -2.37. The molecule has 1 saturated carbocycles. The van der Waals surface area contributed by atoms with E-state index < -0.39 is 0 Å². The van der Waals surface area contributed by atoms with Gasteiger partial charge in [0.05, 0.1) is 6.54 Å². The van der Waals surface area contributed by atoms with Gasteiger partial charge < -0.3 is 15.5 Å². The van der Waals surface area contributed by atoms with Gasteiger partial charge in [-0.1, -0.05) is 6.07 Å². The van der Waals surface area contributed by atoms with E-state index in [0.717, 1.165) is 12.8 Å². The molecule has 1 aromatic carbocycles. The maximum absolute atomic E-state index is 12.7. The Kier molecular flexibility index (Phi) is 5.82. The van der Waals surface area contributed by atoms with Crippen molar-refractivity contribution in [1.29, 1.82) is 0 Å². The molecule has 136 valence electrons.